The lowest BCUT2D eigenvalue weighted by atomic mass is 9.82. The van der Waals surface area contributed by atoms with Crippen molar-refractivity contribution in [3.05, 3.63) is 29.8 Å². The minimum absolute atomic E-state index is 0.116. The molecule has 1 aliphatic carbocycles. The van der Waals surface area contributed by atoms with Crippen molar-refractivity contribution in [3.63, 3.8) is 0 Å². The molecule has 0 spiro atoms. The molecule has 0 amide bonds. The van der Waals surface area contributed by atoms with E-state index >= 15 is 0 Å². The first-order valence-corrected chi connectivity index (χ1v) is 7.57. The van der Waals surface area contributed by atoms with Crippen LogP contribution in [0.4, 0.5) is 0 Å². The van der Waals surface area contributed by atoms with Crippen LogP contribution in [0.3, 0.4) is 0 Å². The predicted octanol–water partition coefficient (Wildman–Crippen LogP) is 4.22. The smallest absolute Gasteiger partial charge is 0.307 e. The lowest BCUT2D eigenvalue weighted by molar-refractivity contribution is -0.142. The van der Waals surface area contributed by atoms with E-state index in [1.807, 2.05) is 38.1 Å². The highest BCUT2D eigenvalue weighted by Crippen LogP contribution is 2.37. The van der Waals surface area contributed by atoms with Gasteiger partial charge in [0.15, 0.2) is 0 Å². The molecule has 20 heavy (non-hydrogen) atoms. The van der Waals surface area contributed by atoms with Gasteiger partial charge in [-0.15, -0.1) is 0 Å². The van der Waals surface area contributed by atoms with Gasteiger partial charge in [-0.25, -0.2) is 0 Å². The molecular weight excluding hydrogens is 252 g/mol. The van der Waals surface area contributed by atoms with Crippen molar-refractivity contribution in [2.24, 2.45) is 5.92 Å². The normalized spacial score (nSPS) is 23.4. The van der Waals surface area contributed by atoms with Gasteiger partial charge in [0, 0.05) is 0 Å². The van der Waals surface area contributed by atoms with Crippen molar-refractivity contribution >= 4 is 5.97 Å². The van der Waals surface area contributed by atoms with Crippen LogP contribution >= 0.6 is 0 Å². The summed E-state index contributed by atoms with van der Waals surface area (Å²) >= 11 is 0. The first-order chi connectivity index (χ1) is 9.58. The highest BCUT2D eigenvalue weighted by molar-refractivity contribution is 5.71. The Morgan fingerprint density at radius 2 is 2.00 bits per heavy atom. The second-order valence-electron chi connectivity index (χ2n) is 5.93. The fourth-order valence-corrected chi connectivity index (χ4v) is 3.09. The van der Waals surface area contributed by atoms with E-state index in [0.717, 1.165) is 43.4 Å². The number of ether oxygens (including phenoxy) is 1. The Hall–Kier alpha value is -1.51. The number of carbonyl (C=O) groups is 1. The van der Waals surface area contributed by atoms with E-state index in [9.17, 15) is 9.90 Å². The Balaban J connectivity index is 2.24. The fraction of sp³-hybridized carbons (Fsp3) is 0.588. The van der Waals surface area contributed by atoms with Gasteiger partial charge >= 0.3 is 5.97 Å². The summed E-state index contributed by atoms with van der Waals surface area (Å²) in [6.45, 7) is 4.00. The number of aliphatic carboxylic acids is 1. The minimum Gasteiger partial charge on any atom is -0.491 e. The van der Waals surface area contributed by atoms with Crippen LogP contribution in [0, 0.1) is 5.92 Å². The molecule has 1 N–H and O–H groups in total. The predicted molar refractivity (Wildman–Crippen MR) is 79.2 cm³/mol. The molecular formula is C17H24O3. The molecule has 0 bridgehead atoms. The molecule has 110 valence electrons. The van der Waals surface area contributed by atoms with Gasteiger partial charge in [-0.1, -0.05) is 31.4 Å². The highest BCUT2D eigenvalue weighted by atomic mass is 16.5. The number of hydrogen-bond donors (Lipinski definition) is 1. The van der Waals surface area contributed by atoms with E-state index in [0.29, 0.717) is 0 Å². The second-order valence-corrected chi connectivity index (χ2v) is 5.93. The molecule has 0 aromatic heterocycles. The van der Waals surface area contributed by atoms with Crippen LogP contribution < -0.4 is 4.74 Å². The van der Waals surface area contributed by atoms with Crippen LogP contribution in [0.2, 0.25) is 0 Å². The molecule has 0 radical (unpaired) electrons. The Bertz CT molecular complexity index is 453. The zero-order valence-corrected chi connectivity index (χ0v) is 12.3. The number of carboxylic acids is 1. The molecule has 0 heterocycles. The Labute approximate surface area is 121 Å². The number of rotatable bonds is 4. The third-order valence-corrected chi connectivity index (χ3v) is 3.99. The third kappa shape index (κ3) is 3.75. The summed E-state index contributed by atoms with van der Waals surface area (Å²) in [5.41, 5.74) is 1.11. The third-order valence-electron chi connectivity index (χ3n) is 3.99. The summed E-state index contributed by atoms with van der Waals surface area (Å²) in [6, 6.07) is 7.97. The van der Waals surface area contributed by atoms with Crippen molar-refractivity contribution in [1.29, 1.82) is 0 Å². The minimum atomic E-state index is -0.660. The summed E-state index contributed by atoms with van der Waals surface area (Å²) in [6.07, 6.45) is 5.16. The SMILES string of the molecule is CC(C)Oc1cccc(C2CCCCCC2C(=O)O)c1. The first kappa shape index (κ1) is 14.9. The fourth-order valence-electron chi connectivity index (χ4n) is 3.09. The van der Waals surface area contributed by atoms with E-state index < -0.39 is 5.97 Å². The molecule has 0 saturated heterocycles. The Morgan fingerprint density at radius 3 is 2.70 bits per heavy atom. The summed E-state index contributed by atoms with van der Waals surface area (Å²) in [5, 5.41) is 9.48. The van der Waals surface area contributed by atoms with Crippen LogP contribution in [-0.4, -0.2) is 17.2 Å². The maximum Gasteiger partial charge on any atom is 0.307 e. The lowest BCUT2D eigenvalue weighted by Crippen LogP contribution is -2.21. The number of hydrogen-bond acceptors (Lipinski definition) is 2. The van der Waals surface area contributed by atoms with Gasteiger partial charge in [-0.05, 0) is 50.3 Å². The molecule has 1 saturated carbocycles. The van der Waals surface area contributed by atoms with E-state index in [1.165, 1.54) is 0 Å². The Morgan fingerprint density at radius 1 is 1.25 bits per heavy atom. The molecule has 1 aromatic carbocycles. The van der Waals surface area contributed by atoms with E-state index in [4.69, 9.17) is 4.74 Å². The van der Waals surface area contributed by atoms with Gasteiger partial charge in [-0.3, -0.25) is 4.79 Å². The molecule has 1 fully saturated rings. The van der Waals surface area contributed by atoms with Gasteiger partial charge in [-0.2, -0.15) is 0 Å². The van der Waals surface area contributed by atoms with Crippen LogP contribution in [0.5, 0.6) is 5.75 Å². The molecule has 0 aliphatic heterocycles. The summed E-state index contributed by atoms with van der Waals surface area (Å²) in [4.78, 5) is 11.5. The molecule has 1 aliphatic rings. The molecule has 2 rings (SSSR count). The molecule has 1 aromatic rings. The van der Waals surface area contributed by atoms with Crippen LogP contribution in [0.15, 0.2) is 24.3 Å². The molecule has 2 unspecified atom stereocenters. The lowest BCUT2D eigenvalue weighted by Gasteiger charge is -2.22. The molecule has 3 heteroatoms. The zero-order chi connectivity index (χ0) is 14.5. The largest absolute Gasteiger partial charge is 0.491 e. The van der Waals surface area contributed by atoms with Gasteiger partial charge in [0.05, 0.1) is 12.0 Å². The number of carboxylic acid groups (broad SMARTS) is 1. The van der Waals surface area contributed by atoms with E-state index in [2.05, 4.69) is 0 Å². The summed E-state index contributed by atoms with van der Waals surface area (Å²) in [5.74, 6) is 0.0375. The summed E-state index contributed by atoms with van der Waals surface area (Å²) in [7, 11) is 0. The number of benzene rings is 1. The maximum absolute atomic E-state index is 11.5. The van der Waals surface area contributed by atoms with E-state index in [-0.39, 0.29) is 17.9 Å². The van der Waals surface area contributed by atoms with E-state index in [1.54, 1.807) is 0 Å². The summed E-state index contributed by atoms with van der Waals surface area (Å²) < 4.78 is 5.73. The van der Waals surface area contributed by atoms with Crippen LogP contribution in [0.25, 0.3) is 0 Å². The van der Waals surface area contributed by atoms with Crippen LogP contribution in [0.1, 0.15) is 57.4 Å². The monoisotopic (exact) mass is 276 g/mol. The first-order valence-electron chi connectivity index (χ1n) is 7.57. The molecule has 2 atom stereocenters. The van der Waals surface area contributed by atoms with Gasteiger partial charge in [0.2, 0.25) is 0 Å². The van der Waals surface area contributed by atoms with Crippen molar-refractivity contribution in [2.45, 2.75) is 58.0 Å². The van der Waals surface area contributed by atoms with Crippen molar-refractivity contribution in [2.75, 3.05) is 0 Å². The van der Waals surface area contributed by atoms with Gasteiger partial charge in [0.1, 0.15) is 5.75 Å². The zero-order valence-electron chi connectivity index (χ0n) is 12.3. The average Bonchev–Trinajstić information content (AvgIpc) is 2.63. The quantitative estimate of drug-likeness (QED) is 0.837. The van der Waals surface area contributed by atoms with Crippen molar-refractivity contribution in [3.8, 4) is 5.75 Å². The highest BCUT2D eigenvalue weighted by Gasteiger charge is 2.30. The molecule has 3 nitrogen and oxygen atoms in total. The van der Waals surface area contributed by atoms with Crippen molar-refractivity contribution in [1.82, 2.24) is 0 Å². The standard InChI is InChI=1S/C17H24O3/c1-12(2)20-14-8-6-7-13(11-14)15-9-4-3-5-10-16(15)17(18)19/h6-8,11-12,15-16H,3-5,9-10H2,1-2H3,(H,18,19). The van der Waals surface area contributed by atoms with Crippen LogP contribution in [-0.2, 0) is 4.79 Å². The average molecular weight is 276 g/mol. The Kier molecular flexibility index (Phi) is 5.05. The van der Waals surface area contributed by atoms with Gasteiger partial charge in [0.25, 0.3) is 0 Å². The topological polar surface area (TPSA) is 46.5 Å². The second kappa shape index (κ2) is 6.78. The maximum atomic E-state index is 11.5. The van der Waals surface area contributed by atoms with Crippen molar-refractivity contribution < 1.29 is 14.6 Å². The van der Waals surface area contributed by atoms with Gasteiger partial charge < -0.3 is 9.84 Å².